The van der Waals surface area contributed by atoms with Crippen LogP contribution in [0.15, 0.2) is 53.4 Å². The molecular formula is C16H18O4S. The van der Waals surface area contributed by atoms with Crippen LogP contribution in [0.5, 0.6) is 0 Å². The van der Waals surface area contributed by atoms with E-state index in [9.17, 15) is 13.5 Å². The summed E-state index contributed by atoms with van der Waals surface area (Å²) in [5, 5.41) is 10.0. The lowest BCUT2D eigenvalue weighted by Crippen LogP contribution is -2.13. The first kappa shape index (κ1) is 15.7. The highest BCUT2D eigenvalue weighted by atomic mass is 32.2. The van der Waals surface area contributed by atoms with Crippen LogP contribution in [0.2, 0.25) is 0 Å². The Kier molecular flexibility index (Phi) is 4.77. The third-order valence-corrected chi connectivity index (χ3v) is 4.41. The molecule has 2 aromatic carbocycles. The minimum Gasteiger partial charge on any atom is -0.386 e. The number of hydrogen-bond acceptors (Lipinski definition) is 4. The summed E-state index contributed by atoms with van der Waals surface area (Å²) in [5.41, 5.74) is 2.59. The molecule has 1 atom stereocenters. The molecule has 0 aromatic heterocycles. The highest BCUT2D eigenvalue weighted by Crippen LogP contribution is 2.18. The van der Waals surface area contributed by atoms with Gasteiger partial charge in [0.2, 0.25) is 0 Å². The third-order valence-electron chi connectivity index (χ3n) is 3.12. The second-order valence-electron chi connectivity index (χ2n) is 4.98. The largest absolute Gasteiger partial charge is 0.386 e. The lowest BCUT2D eigenvalue weighted by molar-refractivity contribution is 0.111. The van der Waals surface area contributed by atoms with Gasteiger partial charge in [-0.2, -0.15) is 8.42 Å². The lowest BCUT2D eigenvalue weighted by Gasteiger charge is -2.12. The van der Waals surface area contributed by atoms with Gasteiger partial charge in [0.1, 0.15) is 6.10 Å². The Morgan fingerprint density at radius 2 is 1.71 bits per heavy atom. The van der Waals surface area contributed by atoms with Gasteiger partial charge in [-0.05, 0) is 31.5 Å². The van der Waals surface area contributed by atoms with Gasteiger partial charge in [-0.15, -0.1) is 0 Å². The van der Waals surface area contributed by atoms with Crippen molar-refractivity contribution in [3.8, 4) is 0 Å². The molecule has 2 aromatic rings. The standard InChI is InChI=1S/C16H18O4S/c1-12-6-8-15(9-7-12)21(18,19)20-11-16(17)14-5-3-4-13(2)10-14/h3-10,16-17H,11H2,1-2H3/t16-/m1/s1. The van der Waals surface area contributed by atoms with Crippen molar-refractivity contribution in [2.24, 2.45) is 0 Å². The zero-order chi connectivity index (χ0) is 15.5. The van der Waals surface area contributed by atoms with Crippen LogP contribution in [0.1, 0.15) is 22.8 Å². The fraction of sp³-hybridized carbons (Fsp3) is 0.250. The first-order chi connectivity index (χ1) is 9.88. The normalized spacial score (nSPS) is 13.1. The lowest BCUT2D eigenvalue weighted by atomic mass is 10.1. The number of aryl methyl sites for hydroxylation is 2. The summed E-state index contributed by atoms with van der Waals surface area (Å²) >= 11 is 0. The van der Waals surface area contributed by atoms with Gasteiger partial charge in [-0.25, -0.2) is 0 Å². The van der Waals surface area contributed by atoms with E-state index in [2.05, 4.69) is 0 Å². The summed E-state index contributed by atoms with van der Waals surface area (Å²) in [6.07, 6.45) is -0.981. The molecule has 4 nitrogen and oxygen atoms in total. The molecule has 0 aliphatic rings. The summed E-state index contributed by atoms with van der Waals surface area (Å²) in [4.78, 5) is 0.0875. The molecular weight excluding hydrogens is 288 g/mol. The first-order valence-electron chi connectivity index (χ1n) is 6.59. The fourth-order valence-corrected chi connectivity index (χ4v) is 2.81. The molecule has 5 heteroatoms. The average Bonchev–Trinajstić information content (AvgIpc) is 2.45. The maximum absolute atomic E-state index is 12.0. The molecule has 0 saturated carbocycles. The van der Waals surface area contributed by atoms with Crippen LogP contribution in [0.4, 0.5) is 0 Å². The summed E-state index contributed by atoms with van der Waals surface area (Å²) in [6, 6.07) is 13.6. The van der Waals surface area contributed by atoms with E-state index in [0.29, 0.717) is 5.56 Å². The van der Waals surface area contributed by atoms with Crippen molar-refractivity contribution in [2.45, 2.75) is 24.8 Å². The van der Waals surface area contributed by atoms with E-state index in [1.54, 1.807) is 24.3 Å². The Morgan fingerprint density at radius 3 is 2.33 bits per heavy atom. The van der Waals surface area contributed by atoms with Gasteiger partial charge >= 0.3 is 0 Å². The van der Waals surface area contributed by atoms with Crippen LogP contribution in [-0.4, -0.2) is 20.1 Å². The highest BCUT2D eigenvalue weighted by Gasteiger charge is 2.18. The maximum Gasteiger partial charge on any atom is 0.297 e. The van der Waals surface area contributed by atoms with Crippen LogP contribution in [0.25, 0.3) is 0 Å². The minimum absolute atomic E-state index is 0.0875. The molecule has 0 heterocycles. The average molecular weight is 306 g/mol. The van der Waals surface area contributed by atoms with E-state index in [1.807, 2.05) is 26.0 Å². The van der Waals surface area contributed by atoms with Crippen LogP contribution < -0.4 is 0 Å². The summed E-state index contributed by atoms with van der Waals surface area (Å²) in [6.45, 7) is 3.47. The zero-order valence-corrected chi connectivity index (χ0v) is 12.8. The summed E-state index contributed by atoms with van der Waals surface area (Å²) < 4.78 is 29.0. The van der Waals surface area contributed by atoms with Gasteiger partial charge in [-0.1, -0.05) is 47.5 Å². The van der Waals surface area contributed by atoms with Crippen LogP contribution >= 0.6 is 0 Å². The molecule has 0 radical (unpaired) electrons. The van der Waals surface area contributed by atoms with Gasteiger partial charge in [0.05, 0.1) is 11.5 Å². The van der Waals surface area contributed by atoms with Crippen LogP contribution in [0.3, 0.4) is 0 Å². The molecule has 0 aliphatic heterocycles. The van der Waals surface area contributed by atoms with E-state index in [4.69, 9.17) is 4.18 Å². The quantitative estimate of drug-likeness (QED) is 0.863. The Balaban J connectivity index is 2.06. The van der Waals surface area contributed by atoms with Gasteiger partial charge in [0.15, 0.2) is 0 Å². The smallest absolute Gasteiger partial charge is 0.297 e. The first-order valence-corrected chi connectivity index (χ1v) is 8.00. The van der Waals surface area contributed by atoms with E-state index < -0.39 is 16.2 Å². The number of rotatable bonds is 5. The fourth-order valence-electron chi connectivity index (χ4n) is 1.90. The van der Waals surface area contributed by atoms with Crippen LogP contribution in [-0.2, 0) is 14.3 Å². The number of hydrogen-bond donors (Lipinski definition) is 1. The van der Waals surface area contributed by atoms with Crippen molar-refractivity contribution >= 4 is 10.1 Å². The highest BCUT2D eigenvalue weighted by molar-refractivity contribution is 7.86. The molecule has 0 aliphatic carbocycles. The van der Waals surface area contributed by atoms with Crippen molar-refractivity contribution in [1.29, 1.82) is 0 Å². The molecule has 0 fully saturated rings. The van der Waals surface area contributed by atoms with Crippen molar-refractivity contribution in [3.63, 3.8) is 0 Å². The van der Waals surface area contributed by atoms with Gasteiger partial charge < -0.3 is 5.11 Å². The Morgan fingerprint density at radius 1 is 1.05 bits per heavy atom. The Bertz CT molecular complexity index is 705. The predicted molar refractivity (Wildman–Crippen MR) is 80.5 cm³/mol. The molecule has 0 spiro atoms. The number of benzene rings is 2. The van der Waals surface area contributed by atoms with Gasteiger partial charge in [0.25, 0.3) is 10.1 Å². The molecule has 21 heavy (non-hydrogen) atoms. The molecule has 0 saturated heterocycles. The molecule has 2 rings (SSSR count). The topological polar surface area (TPSA) is 63.6 Å². The number of aliphatic hydroxyl groups excluding tert-OH is 1. The van der Waals surface area contributed by atoms with Crippen LogP contribution in [0, 0.1) is 13.8 Å². The zero-order valence-electron chi connectivity index (χ0n) is 12.0. The monoisotopic (exact) mass is 306 g/mol. The summed E-state index contributed by atoms with van der Waals surface area (Å²) in [7, 11) is -3.85. The third kappa shape index (κ3) is 4.14. The molecule has 112 valence electrons. The second kappa shape index (κ2) is 6.39. The number of aliphatic hydroxyl groups is 1. The van der Waals surface area contributed by atoms with Crippen molar-refractivity contribution < 1.29 is 17.7 Å². The molecule has 0 unspecified atom stereocenters. The van der Waals surface area contributed by atoms with Gasteiger partial charge in [-0.3, -0.25) is 4.18 Å². The van der Waals surface area contributed by atoms with Crippen molar-refractivity contribution in [1.82, 2.24) is 0 Å². The van der Waals surface area contributed by atoms with Crippen molar-refractivity contribution in [2.75, 3.05) is 6.61 Å². The second-order valence-corrected chi connectivity index (χ2v) is 6.60. The molecule has 0 bridgehead atoms. The van der Waals surface area contributed by atoms with Gasteiger partial charge in [0, 0.05) is 0 Å². The minimum atomic E-state index is -3.85. The predicted octanol–water partition coefficient (Wildman–Crippen LogP) is 2.74. The van der Waals surface area contributed by atoms with E-state index in [1.165, 1.54) is 12.1 Å². The molecule has 1 N–H and O–H groups in total. The van der Waals surface area contributed by atoms with E-state index in [-0.39, 0.29) is 11.5 Å². The molecule has 0 amide bonds. The van der Waals surface area contributed by atoms with E-state index >= 15 is 0 Å². The maximum atomic E-state index is 12.0. The van der Waals surface area contributed by atoms with Crippen molar-refractivity contribution in [3.05, 3.63) is 65.2 Å². The SMILES string of the molecule is Cc1ccc(S(=O)(=O)OC[C@@H](O)c2cccc(C)c2)cc1. The Hall–Kier alpha value is -1.69. The Labute approximate surface area is 125 Å². The van der Waals surface area contributed by atoms with E-state index in [0.717, 1.165) is 11.1 Å². The summed E-state index contributed by atoms with van der Waals surface area (Å²) in [5.74, 6) is 0.